The number of hydrogen-bond acceptors (Lipinski definition) is 2. The van der Waals surface area contributed by atoms with Gasteiger partial charge in [0.2, 0.25) is 5.91 Å². The summed E-state index contributed by atoms with van der Waals surface area (Å²) < 4.78 is 0. The number of rotatable bonds is 3. The lowest BCUT2D eigenvalue weighted by atomic mass is 10.1. The third-order valence-corrected chi connectivity index (χ3v) is 2.83. The summed E-state index contributed by atoms with van der Waals surface area (Å²) in [5, 5.41) is 0. The van der Waals surface area contributed by atoms with Crippen molar-refractivity contribution >= 4 is 5.91 Å². The van der Waals surface area contributed by atoms with Gasteiger partial charge in [0.15, 0.2) is 0 Å². The van der Waals surface area contributed by atoms with Crippen LogP contribution in [-0.4, -0.2) is 48.9 Å². The first kappa shape index (κ1) is 11.5. The van der Waals surface area contributed by atoms with Gasteiger partial charge < -0.3 is 9.80 Å². The van der Waals surface area contributed by atoms with Crippen LogP contribution in [0.1, 0.15) is 26.7 Å². The summed E-state index contributed by atoms with van der Waals surface area (Å²) >= 11 is 0. The first-order valence-corrected chi connectivity index (χ1v) is 5.45. The molecule has 1 fully saturated rings. The van der Waals surface area contributed by atoms with Gasteiger partial charge in [-0.3, -0.25) is 4.79 Å². The molecule has 82 valence electrons. The molecule has 0 N–H and O–H groups in total. The lowest BCUT2D eigenvalue weighted by Gasteiger charge is -2.21. The van der Waals surface area contributed by atoms with E-state index in [1.54, 1.807) is 0 Å². The molecule has 0 saturated carbocycles. The van der Waals surface area contributed by atoms with Gasteiger partial charge in [0.05, 0.1) is 0 Å². The van der Waals surface area contributed by atoms with Gasteiger partial charge in [0, 0.05) is 25.6 Å². The van der Waals surface area contributed by atoms with Crippen LogP contribution in [0, 0.1) is 5.92 Å². The maximum absolute atomic E-state index is 11.7. The molecule has 1 heterocycles. The van der Waals surface area contributed by atoms with Crippen LogP contribution in [-0.2, 0) is 4.79 Å². The van der Waals surface area contributed by atoms with E-state index in [-0.39, 0.29) is 0 Å². The van der Waals surface area contributed by atoms with Crippen molar-refractivity contribution in [3.63, 3.8) is 0 Å². The molecule has 1 unspecified atom stereocenters. The fourth-order valence-corrected chi connectivity index (χ4v) is 1.87. The second kappa shape index (κ2) is 4.78. The zero-order valence-corrected chi connectivity index (χ0v) is 9.79. The molecular formula is C11H22N2O. The third kappa shape index (κ3) is 2.98. The molecule has 0 aromatic heterocycles. The average molecular weight is 198 g/mol. The quantitative estimate of drug-likeness (QED) is 0.680. The van der Waals surface area contributed by atoms with Gasteiger partial charge >= 0.3 is 0 Å². The Morgan fingerprint density at radius 1 is 1.50 bits per heavy atom. The highest BCUT2D eigenvalue weighted by atomic mass is 16.2. The van der Waals surface area contributed by atoms with Crippen molar-refractivity contribution in [2.24, 2.45) is 5.92 Å². The molecule has 0 aliphatic carbocycles. The standard InChI is InChI=1S/C11H22N2O/c1-9(2)7-11(14)13-6-5-10(8-13)12(3)4/h9-10H,5-8H2,1-4H3. The molecule has 1 aliphatic heterocycles. The van der Waals surface area contributed by atoms with Gasteiger partial charge in [-0.15, -0.1) is 0 Å². The first-order chi connectivity index (χ1) is 6.50. The average Bonchev–Trinajstić information content (AvgIpc) is 2.50. The highest BCUT2D eigenvalue weighted by molar-refractivity contribution is 5.76. The summed E-state index contributed by atoms with van der Waals surface area (Å²) in [4.78, 5) is 15.9. The molecule has 14 heavy (non-hydrogen) atoms. The van der Waals surface area contributed by atoms with Crippen molar-refractivity contribution in [2.75, 3.05) is 27.2 Å². The molecule has 3 heteroatoms. The van der Waals surface area contributed by atoms with E-state index < -0.39 is 0 Å². The molecule has 3 nitrogen and oxygen atoms in total. The lowest BCUT2D eigenvalue weighted by molar-refractivity contribution is -0.131. The molecule has 1 rings (SSSR count). The van der Waals surface area contributed by atoms with E-state index in [9.17, 15) is 4.79 Å². The Labute approximate surface area is 87.1 Å². The molecule has 1 atom stereocenters. The zero-order valence-electron chi connectivity index (χ0n) is 9.79. The monoisotopic (exact) mass is 198 g/mol. The number of hydrogen-bond donors (Lipinski definition) is 0. The van der Waals surface area contributed by atoms with Gasteiger partial charge in [0.1, 0.15) is 0 Å². The molecule has 1 amide bonds. The van der Waals surface area contributed by atoms with Crippen LogP contribution in [0.2, 0.25) is 0 Å². The smallest absolute Gasteiger partial charge is 0.222 e. The van der Waals surface area contributed by atoms with E-state index in [1.165, 1.54) is 0 Å². The van der Waals surface area contributed by atoms with E-state index in [2.05, 4.69) is 32.8 Å². The Balaban J connectivity index is 2.38. The van der Waals surface area contributed by atoms with E-state index in [4.69, 9.17) is 0 Å². The van der Waals surface area contributed by atoms with E-state index >= 15 is 0 Å². The Morgan fingerprint density at radius 2 is 2.14 bits per heavy atom. The molecule has 0 radical (unpaired) electrons. The van der Waals surface area contributed by atoms with Crippen molar-refractivity contribution in [3.05, 3.63) is 0 Å². The Hall–Kier alpha value is -0.570. The third-order valence-electron chi connectivity index (χ3n) is 2.83. The number of amides is 1. The number of carbonyl (C=O) groups excluding carboxylic acids is 1. The van der Waals surface area contributed by atoms with Crippen molar-refractivity contribution in [1.29, 1.82) is 0 Å². The molecule has 1 aliphatic rings. The largest absolute Gasteiger partial charge is 0.341 e. The minimum absolute atomic E-state index is 0.323. The van der Waals surface area contributed by atoms with Crippen molar-refractivity contribution in [2.45, 2.75) is 32.7 Å². The predicted octanol–water partition coefficient (Wildman–Crippen LogP) is 1.20. The lowest BCUT2D eigenvalue weighted by Crippen LogP contribution is -2.34. The van der Waals surface area contributed by atoms with E-state index in [0.29, 0.717) is 24.3 Å². The van der Waals surface area contributed by atoms with E-state index in [1.807, 2.05) is 4.90 Å². The molecule has 0 bridgehead atoms. The Bertz CT molecular complexity index is 201. The Morgan fingerprint density at radius 3 is 2.57 bits per heavy atom. The summed E-state index contributed by atoms with van der Waals surface area (Å²) in [5.41, 5.74) is 0. The maximum Gasteiger partial charge on any atom is 0.222 e. The molecule has 0 spiro atoms. The summed E-state index contributed by atoms with van der Waals surface area (Å²) in [6.45, 7) is 6.04. The number of nitrogens with zero attached hydrogens (tertiary/aromatic N) is 2. The van der Waals surface area contributed by atoms with Crippen LogP contribution in [0.5, 0.6) is 0 Å². The molecular weight excluding hydrogens is 176 g/mol. The van der Waals surface area contributed by atoms with Crippen LogP contribution >= 0.6 is 0 Å². The topological polar surface area (TPSA) is 23.6 Å². The zero-order chi connectivity index (χ0) is 10.7. The summed E-state index contributed by atoms with van der Waals surface area (Å²) in [6, 6.07) is 0.561. The van der Waals surface area contributed by atoms with Crippen molar-refractivity contribution < 1.29 is 4.79 Å². The van der Waals surface area contributed by atoms with Crippen LogP contribution in [0.15, 0.2) is 0 Å². The SMILES string of the molecule is CC(C)CC(=O)N1CCC(N(C)C)C1. The Kier molecular flexibility index (Phi) is 3.93. The highest BCUT2D eigenvalue weighted by Gasteiger charge is 2.27. The highest BCUT2D eigenvalue weighted by Crippen LogP contribution is 2.15. The second-order valence-electron chi connectivity index (χ2n) is 4.84. The maximum atomic E-state index is 11.7. The molecule has 0 aromatic carbocycles. The number of likely N-dealkylation sites (N-methyl/N-ethyl adjacent to an activating group) is 1. The molecule has 0 aromatic rings. The van der Waals surface area contributed by atoms with E-state index in [0.717, 1.165) is 19.5 Å². The molecule has 1 saturated heterocycles. The number of likely N-dealkylation sites (tertiary alicyclic amines) is 1. The summed E-state index contributed by atoms with van der Waals surface area (Å²) in [5.74, 6) is 0.797. The summed E-state index contributed by atoms with van der Waals surface area (Å²) in [6.07, 6.45) is 1.82. The minimum Gasteiger partial charge on any atom is -0.341 e. The minimum atomic E-state index is 0.323. The van der Waals surface area contributed by atoms with Crippen LogP contribution in [0.3, 0.4) is 0 Å². The number of carbonyl (C=O) groups is 1. The van der Waals surface area contributed by atoms with Crippen LogP contribution in [0.25, 0.3) is 0 Å². The summed E-state index contributed by atoms with van der Waals surface area (Å²) in [7, 11) is 4.17. The fraction of sp³-hybridized carbons (Fsp3) is 0.909. The van der Waals surface area contributed by atoms with Crippen LogP contribution in [0.4, 0.5) is 0 Å². The second-order valence-corrected chi connectivity index (χ2v) is 4.84. The van der Waals surface area contributed by atoms with Gasteiger partial charge in [-0.05, 0) is 26.4 Å². The van der Waals surface area contributed by atoms with Gasteiger partial charge in [-0.25, -0.2) is 0 Å². The van der Waals surface area contributed by atoms with Gasteiger partial charge in [0.25, 0.3) is 0 Å². The van der Waals surface area contributed by atoms with Crippen LogP contribution < -0.4 is 0 Å². The van der Waals surface area contributed by atoms with Crippen molar-refractivity contribution in [3.8, 4) is 0 Å². The van der Waals surface area contributed by atoms with Crippen molar-refractivity contribution in [1.82, 2.24) is 9.80 Å². The normalized spacial score (nSPS) is 22.4. The van der Waals surface area contributed by atoms with Gasteiger partial charge in [-0.1, -0.05) is 13.8 Å². The predicted molar refractivity (Wildman–Crippen MR) is 58.1 cm³/mol. The van der Waals surface area contributed by atoms with Gasteiger partial charge in [-0.2, -0.15) is 0 Å². The first-order valence-electron chi connectivity index (χ1n) is 5.45. The fourth-order valence-electron chi connectivity index (χ4n) is 1.87.